The van der Waals surface area contributed by atoms with E-state index in [1.165, 1.54) is 0 Å². The Labute approximate surface area is 129 Å². The number of carbonyl (C=O) groups is 1. The van der Waals surface area contributed by atoms with Crippen LogP contribution >= 0.6 is 38.5 Å². The fourth-order valence-electron chi connectivity index (χ4n) is 2.24. The molecule has 18 heavy (non-hydrogen) atoms. The van der Waals surface area contributed by atoms with Gasteiger partial charge in [0.15, 0.2) is 0 Å². The van der Waals surface area contributed by atoms with Crippen LogP contribution in [0.15, 0.2) is 22.7 Å². The van der Waals surface area contributed by atoms with Crippen molar-refractivity contribution in [1.29, 1.82) is 0 Å². The fraction of sp³-hybridized carbons (Fsp3) is 0.462. The zero-order valence-corrected chi connectivity index (χ0v) is 13.6. The molecule has 1 aromatic rings. The average molecular weight is 424 g/mol. The number of hydrogen-bond donors (Lipinski definition) is 2. The number of amides is 1. The molecule has 0 aliphatic heterocycles. The van der Waals surface area contributed by atoms with Crippen LogP contribution < -0.4 is 5.32 Å². The summed E-state index contributed by atoms with van der Waals surface area (Å²) in [7, 11) is 0. The fourth-order valence-corrected chi connectivity index (χ4v) is 3.16. The lowest BCUT2D eigenvalue weighted by atomic mass is 10.1. The van der Waals surface area contributed by atoms with Gasteiger partial charge in [-0.05, 0) is 81.9 Å². The summed E-state index contributed by atoms with van der Waals surface area (Å²) in [5, 5.41) is 12.4. The van der Waals surface area contributed by atoms with Crippen molar-refractivity contribution in [2.75, 3.05) is 6.54 Å². The van der Waals surface area contributed by atoms with Gasteiger partial charge in [0.25, 0.3) is 5.91 Å². The van der Waals surface area contributed by atoms with Gasteiger partial charge in [-0.1, -0.05) is 0 Å². The normalized spacial score (nSPS) is 23.1. The van der Waals surface area contributed by atoms with Gasteiger partial charge in [0.1, 0.15) is 0 Å². The third kappa shape index (κ3) is 3.68. The SMILES string of the molecule is O=C(NCC1CCC(O)C1)c1cc(I)ccc1Br. The van der Waals surface area contributed by atoms with Gasteiger partial charge in [-0.2, -0.15) is 0 Å². The summed E-state index contributed by atoms with van der Waals surface area (Å²) in [6, 6.07) is 5.70. The molecule has 2 unspecified atom stereocenters. The van der Waals surface area contributed by atoms with Crippen LogP contribution in [0.1, 0.15) is 29.6 Å². The third-order valence-electron chi connectivity index (χ3n) is 3.24. The Hall–Kier alpha value is -0.140. The van der Waals surface area contributed by atoms with Crippen molar-refractivity contribution < 1.29 is 9.90 Å². The first-order valence-corrected chi connectivity index (χ1v) is 7.84. The van der Waals surface area contributed by atoms with Gasteiger partial charge >= 0.3 is 0 Å². The number of rotatable bonds is 3. The van der Waals surface area contributed by atoms with E-state index in [1.807, 2.05) is 18.2 Å². The molecule has 2 atom stereocenters. The van der Waals surface area contributed by atoms with E-state index in [1.54, 1.807) is 0 Å². The van der Waals surface area contributed by atoms with Gasteiger partial charge in [-0.25, -0.2) is 0 Å². The number of hydrogen-bond acceptors (Lipinski definition) is 2. The van der Waals surface area contributed by atoms with Crippen LogP contribution in [-0.2, 0) is 0 Å². The highest BCUT2D eigenvalue weighted by Crippen LogP contribution is 2.25. The van der Waals surface area contributed by atoms with E-state index in [2.05, 4.69) is 43.8 Å². The van der Waals surface area contributed by atoms with E-state index in [9.17, 15) is 9.90 Å². The second-order valence-corrected chi connectivity index (χ2v) is 6.77. The predicted molar refractivity (Wildman–Crippen MR) is 82.5 cm³/mol. The van der Waals surface area contributed by atoms with Crippen LogP contribution in [0.5, 0.6) is 0 Å². The van der Waals surface area contributed by atoms with Crippen LogP contribution in [-0.4, -0.2) is 23.7 Å². The Morgan fingerprint density at radius 1 is 1.50 bits per heavy atom. The highest BCUT2D eigenvalue weighted by Gasteiger charge is 2.23. The zero-order valence-electron chi connectivity index (χ0n) is 9.83. The van der Waals surface area contributed by atoms with E-state index >= 15 is 0 Å². The average Bonchev–Trinajstić information content (AvgIpc) is 2.75. The molecule has 1 amide bonds. The van der Waals surface area contributed by atoms with Crippen LogP contribution in [0.2, 0.25) is 0 Å². The first kappa shape index (κ1) is 14.3. The van der Waals surface area contributed by atoms with Gasteiger partial charge in [0.2, 0.25) is 0 Å². The molecule has 3 nitrogen and oxygen atoms in total. The predicted octanol–water partition coefficient (Wildman–Crippen LogP) is 2.94. The van der Waals surface area contributed by atoms with Crippen molar-refractivity contribution in [2.45, 2.75) is 25.4 Å². The van der Waals surface area contributed by atoms with E-state index in [0.717, 1.165) is 27.3 Å². The molecule has 0 aromatic heterocycles. The molecule has 98 valence electrons. The molecule has 2 rings (SSSR count). The smallest absolute Gasteiger partial charge is 0.252 e. The Balaban J connectivity index is 1.93. The van der Waals surface area contributed by atoms with Gasteiger partial charge < -0.3 is 10.4 Å². The number of carbonyl (C=O) groups excluding carboxylic acids is 1. The number of nitrogens with one attached hydrogen (secondary N) is 1. The van der Waals surface area contributed by atoms with Crippen molar-refractivity contribution in [1.82, 2.24) is 5.32 Å². The summed E-state index contributed by atoms with van der Waals surface area (Å²) in [5.74, 6) is 0.354. The standard InChI is InChI=1S/C13H15BrINO2/c14-12-4-2-9(15)6-11(12)13(18)16-7-8-1-3-10(17)5-8/h2,4,6,8,10,17H,1,3,5,7H2,(H,16,18). The van der Waals surface area contributed by atoms with Crippen LogP contribution in [0.3, 0.4) is 0 Å². The lowest BCUT2D eigenvalue weighted by Gasteiger charge is -2.12. The first-order valence-electron chi connectivity index (χ1n) is 5.97. The summed E-state index contributed by atoms with van der Waals surface area (Å²) in [4.78, 5) is 12.0. The molecule has 1 aliphatic rings. The molecule has 1 aliphatic carbocycles. The Bertz CT molecular complexity index is 453. The summed E-state index contributed by atoms with van der Waals surface area (Å²) < 4.78 is 1.85. The number of aliphatic hydroxyl groups excluding tert-OH is 1. The monoisotopic (exact) mass is 423 g/mol. The second kappa shape index (κ2) is 6.34. The van der Waals surface area contributed by atoms with Crippen LogP contribution in [0.25, 0.3) is 0 Å². The maximum atomic E-state index is 12.0. The number of halogens is 2. The Morgan fingerprint density at radius 2 is 2.28 bits per heavy atom. The summed E-state index contributed by atoms with van der Waals surface area (Å²) in [6.45, 7) is 0.647. The molecule has 0 spiro atoms. The minimum absolute atomic E-state index is 0.0539. The summed E-state index contributed by atoms with van der Waals surface area (Å²) in [6.07, 6.45) is 2.47. The van der Waals surface area contributed by atoms with Gasteiger partial charge in [-0.3, -0.25) is 4.79 Å². The lowest BCUT2D eigenvalue weighted by molar-refractivity contribution is 0.0944. The minimum atomic E-state index is -0.184. The van der Waals surface area contributed by atoms with Gasteiger partial charge in [-0.15, -0.1) is 0 Å². The van der Waals surface area contributed by atoms with E-state index in [-0.39, 0.29) is 12.0 Å². The van der Waals surface area contributed by atoms with Gasteiger partial charge in [0, 0.05) is 14.6 Å². The molecule has 5 heteroatoms. The van der Waals surface area contributed by atoms with Crippen molar-refractivity contribution in [3.8, 4) is 0 Å². The summed E-state index contributed by atoms with van der Waals surface area (Å²) in [5.41, 5.74) is 0.667. The first-order chi connectivity index (χ1) is 8.56. The van der Waals surface area contributed by atoms with Crippen molar-refractivity contribution in [3.05, 3.63) is 31.8 Å². The van der Waals surface area contributed by atoms with Crippen molar-refractivity contribution in [3.63, 3.8) is 0 Å². The quantitative estimate of drug-likeness (QED) is 0.734. The summed E-state index contributed by atoms with van der Waals surface area (Å²) >= 11 is 5.58. The molecule has 0 bridgehead atoms. The second-order valence-electron chi connectivity index (χ2n) is 4.67. The maximum absolute atomic E-state index is 12.0. The molecule has 0 radical (unpaired) electrons. The maximum Gasteiger partial charge on any atom is 0.252 e. The van der Waals surface area contributed by atoms with E-state index < -0.39 is 0 Å². The zero-order chi connectivity index (χ0) is 13.1. The molecule has 0 heterocycles. The highest BCUT2D eigenvalue weighted by atomic mass is 127. The van der Waals surface area contributed by atoms with Crippen LogP contribution in [0, 0.1) is 9.49 Å². The largest absolute Gasteiger partial charge is 0.393 e. The van der Waals surface area contributed by atoms with Crippen molar-refractivity contribution >= 4 is 44.4 Å². The lowest BCUT2D eigenvalue weighted by Crippen LogP contribution is -2.29. The van der Waals surface area contributed by atoms with Crippen LogP contribution in [0.4, 0.5) is 0 Å². The topological polar surface area (TPSA) is 49.3 Å². The molecule has 0 saturated heterocycles. The molecular weight excluding hydrogens is 409 g/mol. The molecule has 1 saturated carbocycles. The molecular formula is C13H15BrINO2. The minimum Gasteiger partial charge on any atom is -0.393 e. The van der Waals surface area contributed by atoms with Gasteiger partial charge in [0.05, 0.1) is 11.7 Å². The Kier molecular flexibility index (Phi) is 5.03. The van der Waals surface area contributed by atoms with E-state index in [4.69, 9.17) is 0 Å². The molecule has 2 N–H and O–H groups in total. The molecule has 1 fully saturated rings. The molecule has 1 aromatic carbocycles. The van der Waals surface area contributed by atoms with E-state index in [0.29, 0.717) is 18.0 Å². The number of benzene rings is 1. The highest BCUT2D eigenvalue weighted by molar-refractivity contribution is 14.1. The number of aliphatic hydroxyl groups is 1. The Morgan fingerprint density at radius 3 is 2.94 bits per heavy atom. The van der Waals surface area contributed by atoms with Crippen molar-refractivity contribution in [2.24, 2.45) is 5.92 Å². The third-order valence-corrected chi connectivity index (χ3v) is 4.60.